The van der Waals surface area contributed by atoms with E-state index < -0.39 is 24.1 Å². The lowest BCUT2D eigenvalue weighted by atomic mass is 10.1. The molecule has 8 heteroatoms. The normalized spacial score (nSPS) is 20.2. The lowest BCUT2D eigenvalue weighted by Crippen LogP contribution is -2.60. The predicted octanol–water partition coefficient (Wildman–Crippen LogP) is -0.604. The Morgan fingerprint density at radius 3 is 2.85 bits per heavy atom. The molecule has 0 aromatic carbocycles. The van der Waals surface area contributed by atoms with Crippen LogP contribution in [0.15, 0.2) is 0 Å². The highest BCUT2D eigenvalue weighted by Gasteiger charge is 2.33. The topological polar surface area (TPSA) is 108 Å². The summed E-state index contributed by atoms with van der Waals surface area (Å²) in [6.07, 6.45) is 0.656. The molecule has 1 rings (SSSR count). The maximum atomic E-state index is 12.1. The first-order chi connectivity index (χ1) is 9.51. The lowest BCUT2D eigenvalue weighted by molar-refractivity contribution is -0.139. The van der Waals surface area contributed by atoms with Crippen molar-refractivity contribution >= 4 is 17.9 Å². The molecule has 0 radical (unpaired) electrons. The number of urea groups is 1. The van der Waals surface area contributed by atoms with Gasteiger partial charge in [0.1, 0.15) is 12.1 Å². The molecule has 3 N–H and O–H groups in total. The van der Waals surface area contributed by atoms with Crippen molar-refractivity contribution in [3.05, 3.63) is 0 Å². The maximum absolute atomic E-state index is 12.1. The smallest absolute Gasteiger partial charge is 0.326 e. The lowest BCUT2D eigenvalue weighted by Gasteiger charge is -2.35. The van der Waals surface area contributed by atoms with Crippen molar-refractivity contribution in [1.82, 2.24) is 15.5 Å². The molecule has 1 fully saturated rings. The van der Waals surface area contributed by atoms with E-state index in [9.17, 15) is 14.4 Å². The first-order valence-electron chi connectivity index (χ1n) is 6.57. The second-order valence-electron chi connectivity index (χ2n) is 4.53. The van der Waals surface area contributed by atoms with Crippen molar-refractivity contribution < 1.29 is 24.2 Å². The molecule has 1 heterocycles. The van der Waals surface area contributed by atoms with Crippen LogP contribution in [0.3, 0.4) is 0 Å². The number of hydrogen-bond acceptors (Lipinski definition) is 4. The number of nitrogens with zero attached hydrogens (tertiary/aromatic N) is 1. The fourth-order valence-electron chi connectivity index (χ4n) is 2.09. The van der Waals surface area contributed by atoms with Crippen LogP contribution in [-0.4, -0.2) is 66.8 Å². The zero-order valence-electron chi connectivity index (χ0n) is 11.7. The summed E-state index contributed by atoms with van der Waals surface area (Å²) in [6, 6.07) is -2.11. The van der Waals surface area contributed by atoms with Crippen molar-refractivity contribution in [3.63, 3.8) is 0 Å². The van der Waals surface area contributed by atoms with E-state index in [-0.39, 0.29) is 18.9 Å². The number of carboxylic acid groups (broad SMARTS) is 1. The van der Waals surface area contributed by atoms with E-state index in [2.05, 4.69) is 10.6 Å². The number of methoxy groups -OCH3 is 1. The van der Waals surface area contributed by atoms with Crippen LogP contribution in [0.1, 0.15) is 19.8 Å². The van der Waals surface area contributed by atoms with Gasteiger partial charge >= 0.3 is 12.0 Å². The van der Waals surface area contributed by atoms with Gasteiger partial charge in [-0.2, -0.15) is 0 Å². The third-order valence-corrected chi connectivity index (χ3v) is 3.18. The van der Waals surface area contributed by atoms with Crippen molar-refractivity contribution in [1.29, 1.82) is 0 Å². The summed E-state index contributed by atoms with van der Waals surface area (Å²) in [7, 11) is 1.46. The van der Waals surface area contributed by atoms with Crippen molar-refractivity contribution in [2.45, 2.75) is 31.8 Å². The van der Waals surface area contributed by atoms with E-state index in [1.54, 1.807) is 6.92 Å². The molecule has 114 valence electrons. The van der Waals surface area contributed by atoms with Crippen LogP contribution in [0, 0.1) is 0 Å². The SMILES string of the molecule is CCC1C(=O)NCCN1C(=O)NC(CCOC)C(=O)O. The van der Waals surface area contributed by atoms with Crippen LogP contribution < -0.4 is 10.6 Å². The Balaban J connectivity index is 2.66. The molecule has 0 spiro atoms. The zero-order valence-corrected chi connectivity index (χ0v) is 11.7. The maximum Gasteiger partial charge on any atom is 0.326 e. The number of piperazine rings is 1. The minimum atomic E-state index is -1.12. The third kappa shape index (κ3) is 4.09. The molecule has 8 nitrogen and oxygen atoms in total. The Kier molecular flexibility index (Phi) is 6.23. The van der Waals surface area contributed by atoms with Gasteiger partial charge in [0, 0.05) is 33.2 Å². The largest absolute Gasteiger partial charge is 0.480 e. The van der Waals surface area contributed by atoms with E-state index in [0.29, 0.717) is 19.5 Å². The summed E-state index contributed by atoms with van der Waals surface area (Å²) in [5, 5.41) is 14.2. The first kappa shape index (κ1) is 16.2. The van der Waals surface area contributed by atoms with Crippen molar-refractivity contribution in [3.8, 4) is 0 Å². The molecule has 0 aromatic heterocycles. The monoisotopic (exact) mass is 287 g/mol. The van der Waals surface area contributed by atoms with Gasteiger partial charge in [-0.3, -0.25) is 4.79 Å². The molecule has 1 aliphatic heterocycles. The number of amides is 3. The van der Waals surface area contributed by atoms with Gasteiger partial charge in [-0.1, -0.05) is 6.92 Å². The van der Waals surface area contributed by atoms with Crippen LogP contribution in [0.5, 0.6) is 0 Å². The number of rotatable bonds is 6. The minimum Gasteiger partial charge on any atom is -0.480 e. The average molecular weight is 287 g/mol. The predicted molar refractivity (Wildman–Crippen MR) is 70.2 cm³/mol. The number of hydrogen-bond donors (Lipinski definition) is 3. The van der Waals surface area contributed by atoms with E-state index in [1.165, 1.54) is 12.0 Å². The van der Waals surface area contributed by atoms with E-state index in [0.717, 1.165) is 0 Å². The van der Waals surface area contributed by atoms with Gasteiger partial charge in [-0.15, -0.1) is 0 Å². The van der Waals surface area contributed by atoms with E-state index in [1.807, 2.05) is 0 Å². The highest BCUT2D eigenvalue weighted by molar-refractivity contribution is 5.89. The Bertz CT molecular complexity index is 374. The van der Waals surface area contributed by atoms with Crippen LogP contribution in [0.4, 0.5) is 4.79 Å². The molecule has 1 saturated heterocycles. The Morgan fingerprint density at radius 2 is 2.30 bits per heavy atom. The quantitative estimate of drug-likeness (QED) is 0.604. The molecule has 2 atom stereocenters. The second kappa shape index (κ2) is 7.68. The highest BCUT2D eigenvalue weighted by Crippen LogP contribution is 2.09. The second-order valence-corrected chi connectivity index (χ2v) is 4.53. The fraction of sp³-hybridized carbons (Fsp3) is 0.750. The molecule has 1 aliphatic rings. The van der Waals surface area contributed by atoms with Gasteiger partial charge in [0.15, 0.2) is 0 Å². The summed E-state index contributed by atoms with van der Waals surface area (Å²) in [4.78, 5) is 36.2. The highest BCUT2D eigenvalue weighted by atomic mass is 16.5. The molecule has 20 heavy (non-hydrogen) atoms. The van der Waals surface area contributed by atoms with Crippen molar-refractivity contribution in [2.75, 3.05) is 26.8 Å². The van der Waals surface area contributed by atoms with Crippen LogP contribution in [-0.2, 0) is 14.3 Å². The zero-order chi connectivity index (χ0) is 15.1. The van der Waals surface area contributed by atoms with E-state index >= 15 is 0 Å². The van der Waals surface area contributed by atoms with E-state index in [4.69, 9.17) is 9.84 Å². The van der Waals surface area contributed by atoms with Gasteiger partial charge in [-0.25, -0.2) is 9.59 Å². The standard InChI is InChI=1S/C12H21N3O5/c1-3-9-10(16)13-5-6-15(9)12(19)14-8(11(17)18)4-7-20-2/h8-9H,3-7H2,1-2H3,(H,13,16)(H,14,19)(H,17,18). The summed E-state index contributed by atoms with van der Waals surface area (Å²) < 4.78 is 4.82. The molecule has 0 bridgehead atoms. The van der Waals surface area contributed by atoms with Gasteiger partial charge < -0.3 is 25.4 Å². The number of ether oxygens (including phenoxy) is 1. The van der Waals surface area contributed by atoms with Crippen LogP contribution >= 0.6 is 0 Å². The Hall–Kier alpha value is -1.83. The molecule has 0 aromatic rings. The Morgan fingerprint density at radius 1 is 1.60 bits per heavy atom. The van der Waals surface area contributed by atoms with Gasteiger partial charge in [0.2, 0.25) is 5.91 Å². The molecule has 0 aliphatic carbocycles. The Labute approximate surface area is 117 Å². The molecular formula is C12H21N3O5. The fourth-order valence-corrected chi connectivity index (χ4v) is 2.09. The number of nitrogens with one attached hydrogen (secondary N) is 2. The summed E-state index contributed by atoms with van der Waals surface area (Å²) >= 11 is 0. The van der Waals surface area contributed by atoms with Gasteiger partial charge in [0.25, 0.3) is 0 Å². The third-order valence-electron chi connectivity index (χ3n) is 3.18. The first-order valence-corrected chi connectivity index (χ1v) is 6.57. The number of carbonyl (C=O) groups excluding carboxylic acids is 2. The van der Waals surface area contributed by atoms with Crippen LogP contribution in [0.25, 0.3) is 0 Å². The number of carboxylic acids is 1. The molecule has 3 amide bonds. The average Bonchev–Trinajstić information content (AvgIpc) is 2.42. The number of carbonyl (C=O) groups is 3. The van der Waals surface area contributed by atoms with Gasteiger partial charge in [0.05, 0.1) is 0 Å². The minimum absolute atomic E-state index is 0.175. The summed E-state index contributed by atoms with van der Waals surface area (Å²) in [6.45, 7) is 2.77. The van der Waals surface area contributed by atoms with Crippen LogP contribution in [0.2, 0.25) is 0 Å². The van der Waals surface area contributed by atoms with Gasteiger partial charge in [-0.05, 0) is 6.42 Å². The molecule has 2 unspecified atom stereocenters. The molecule has 0 saturated carbocycles. The summed E-state index contributed by atoms with van der Waals surface area (Å²) in [5.74, 6) is -1.33. The summed E-state index contributed by atoms with van der Waals surface area (Å²) in [5.41, 5.74) is 0. The molecular weight excluding hydrogens is 266 g/mol. The van der Waals surface area contributed by atoms with Crippen molar-refractivity contribution in [2.24, 2.45) is 0 Å². The number of aliphatic carboxylic acids is 1.